The molecular formula is C14H13NO2S. The minimum absolute atomic E-state index is 0.0111. The summed E-state index contributed by atoms with van der Waals surface area (Å²) in [5.74, 6) is 0.183. The molecule has 1 saturated heterocycles. The van der Waals surface area contributed by atoms with Crippen molar-refractivity contribution >= 4 is 27.3 Å². The normalized spacial score (nSPS) is 26.5. The molecule has 3 nitrogen and oxygen atoms in total. The zero-order chi connectivity index (χ0) is 12.3. The Morgan fingerprint density at radius 1 is 1.33 bits per heavy atom. The number of rotatable bonds is 0. The molecule has 0 radical (unpaired) electrons. The average Bonchev–Trinajstić information content (AvgIpc) is 2.92. The number of carbonyl (C=O) groups excluding carboxylic acids is 1. The summed E-state index contributed by atoms with van der Waals surface area (Å²) < 4.78 is 1.20. The molecule has 2 aliphatic heterocycles. The van der Waals surface area contributed by atoms with Crippen LogP contribution in [0.2, 0.25) is 0 Å². The van der Waals surface area contributed by atoms with Crippen molar-refractivity contribution in [2.75, 3.05) is 0 Å². The number of thiophene rings is 1. The highest BCUT2D eigenvalue weighted by molar-refractivity contribution is 7.19. The van der Waals surface area contributed by atoms with Gasteiger partial charge in [0.05, 0.1) is 12.6 Å². The van der Waals surface area contributed by atoms with E-state index in [2.05, 4.69) is 12.1 Å². The van der Waals surface area contributed by atoms with E-state index in [1.807, 2.05) is 17.0 Å². The molecule has 92 valence electrons. The number of nitrogens with zero attached hydrogens (tertiary/aromatic N) is 1. The van der Waals surface area contributed by atoms with Crippen molar-refractivity contribution in [3.8, 4) is 0 Å². The topological polar surface area (TPSA) is 40.5 Å². The predicted molar refractivity (Wildman–Crippen MR) is 70.4 cm³/mol. The summed E-state index contributed by atoms with van der Waals surface area (Å²) in [6.07, 6.45) is 0.842. The van der Waals surface area contributed by atoms with Crippen LogP contribution < -0.4 is 0 Å². The molecule has 0 saturated carbocycles. The standard InChI is InChI=1S/C14H13NO2S/c16-12-6-5-9-14(17)13-8-3-1-2-4-10(8)18-11(13)7-15(9)12/h1-4,9,14,17H,5-7H2/t9-,14+/m0/s1. The Kier molecular flexibility index (Phi) is 2.08. The largest absolute Gasteiger partial charge is 0.386 e. The molecule has 0 unspecified atom stereocenters. The summed E-state index contributed by atoms with van der Waals surface area (Å²) in [5.41, 5.74) is 1.06. The number of aliphatic hydroxyl groups excluding tert-OH is 1. The molecule has 18 heavy (non-hydrogen) atoms. The number of aliphatic hydroxyl groups is 1. The Bertz CT molecular complexity index is 648. The second-order valence-corrected chi connectivity index (χ2v) is 6.14. The van der Waals surface area contributed by atoms with Gasteiger partial charge in [0.15, 0.2) is 0 Å². The molecule has 1 fully saturated rings. The molecule has 0 bridgehead atoms. The van der Waals surface area contributed by atoms with Crippen LogP contribution in [0, 0.1) is 0 Å². The van der Waals surface area contributed by atoms with Crippen molar-refractivity contribution in [1.29, 1.82) is 0 Å². The molecule has 0 aliphatic carbocycles. The fraction of sp³-hybridized carbons (Fsp3) is 0.357. The molecule has 1 N–H and O–H groups in total. The van der Waals surface area contributed by atoms with Crippen molar-refractivity contribution in [3.63, 3.8) is 0 Å². The van der Waals surface area contributed by atoms with E-state index in [1.54, 1.807) is 11.3 Å². The van der Waals surface area contributed by atoms with Crippen LogP contribution >= 0.6 is 11.3 Å². The van der Waals surface area contributed by atoms with E-state index in [1.165, 1.54) is 4.70 Å². The monoisotopic (exact) mass is 259 g/mol. The molecule has 2 aromatic rings. The molecule has 4 heteroatoms. The lowest BCUT2D eigenvalue weighted by molar-refractivity contribution is -0.131. The van der Waals surface area contributed by atoms with Crippen LogP contribution in [0.3, 0.4) is 0 Å². The van der Waals surface area contributed by atoms with Gasteiger partial charge in [0.1, 0.15) is 6.10 Å². The van der Waals surface area contributed by atoms with Gasteiger partial charge in [-0.15, -0.1) is 11.3 Å². The Labute approximate surface area is 109 Å². The summed E-state index contributed by atoms with van der Waals surface area (Å²) in [5, 5.41) is 11.7. The first-order valence-electron chi connectivity index (χ1n) is 6.23. The van der Waals surface area contributed by atoms with E-state index < -0.39 is 6.10 Å². The lowest BCUT2D eigenvalue weighted by atomic mass is 9.94. The van der Waals surface area contributed by atoms with Crippen LogP contribution in [-0.2, 0) is 11.3 Å². The first kappa shape index (κ1) is 10.5. The highest BCUT2D eigenvalue weighted by Crippen LogP contribution is 2.44. The van der Waals surface area contributed by atoms with Crippen LogP contribution in [0.1, 0.15) is 29.4 Å². The van der Waals surface area contributed by atoms with E-state index in [9.17, 15) is 9.90 Å². The third-order valence-corrected chi connectivity index (χ3v) is 5.23. The summed E-state index contributed by atoms with van der Waals surface area (Å²) in [6.45, 7) is 0.676. The number of hydrogen-bond acceptors (Lipinski definition) is 3. The van der Waals surface area contributed by atoms with Crippen LogP contribution in [0.4, 0.5) is 0 Å². The minimum Gasteiger partial charge on any atom is -0.386 e. The van der Waals surface area contributed by atoms with Gasteiger partial charge < -0.3 is 10.0 Å². The fourth-order valence-corrected chi connectivity index (χ4v) is 4.44. The number of fused-ring (bicyclic) bond motifs is 4. The van der Waals surface area contributed by atoms with Crippen LogP contribution in [-0.4, -0.2) is 22.0 Å². The average molecular weight is 259 g/mol. The van der Waals surface area contributed by atoms with Gasteiger partial charge >= 0.3 is 0 Å². The number of carbonyl (C=O) groups is 1. The maximum Gasteiger partial charge on any atom is 0.223 e. The van der Waals surface area contributed by atoms with Crippen molar-refractivity contribution in [2.45, 2.75) is 31.5 Å². The van der Waals surface area contributed by atoms with Crippen molar-refractivity contribution < 1.29 is 9.90 Å². The van der Waals surface area contributed by atoms with Crippen LogP contribution in [0.25, 0.3) is 10.1 Å². The van der Waals surface area contributed by atoms with E-state index >= 15 is 0 Å². The Morgan fingerprint density at radius 3 is 3.06 bits per heavy atom. The van der Waals surface area contributed by atoms with Gasteiger partial charge in [0, 0.05) is 21.6 Å². The number of benzene rings is 1. The zero-order valence-electron chi connectivity index (χ0n) is 9.80. The Hall–Kier alpha value is -1.39. The predicted octanol–water partition coefficient (Wildman–Crippen LogP) is 2.44. The summed E-state index contributed by atoms with van der Waals surface area (Å²) in [7, 11) is 0. The van der Waals surface area contributed by atoms with Crippen molar-refractivity contribution in [2.24, 2.45) is 0 Å². The summed E-state index contributed by atoms with van der Waals surface area (Å²) in [4.78, 5) is 14.8. The van der Waals surface area contributed by atoms with Crippen LogP contribution in [0.5, 0.6) is 0 Å². The fourth-order valence-electron chi connectivity index (χ4n) is 3.19. The smallest absolute Gasteiger partial charge is 0.223 e. The van der Waals surface area contributed by atoms with Gasteiger partial charge in [0.25, 0.3) is 0 Å². The maximum atomic E-state index is 11.8. The van der Waals surface area contributed by atoms with E-state index in [4.69, 9.17) is 0 Å². The number of hydrogen-bond donors (Lipinski definition) is 1. The molecule has 4 rings (SSSR count). The van der Waals surface area contributed by atoms with Crippen LogP contribution in [0.15, 0.2) is 24.3 Å². The minimum atomic E-state index is -0.517. The summed E-state index contributed by atoms with van der Waals surface area (Å²) in [6, 6.07) is 8.16. The lowest BCUT2D eigenvalue weighted by Gasteiger charge is -2.34. The highest BCUT2D eigenvalue weighted by Gasteiger charge is 2.42. The van der Waals surface area contributed by atoms with Gasteiger partial charge in [-0.25, -0.2) is 0 Å². The molecule has 1 aromatic carbocycles. The molecule has 1 aromatic heterocycles. The maximum absolute atomic E-state index is 11.8. The Balaban J connectivity index is 1.93. The highest BCUT2D eigenvalue weighted by atomic mass is 32.1. The molecular weight excluding hydrogens is 246 g/mol. The quantitative estimate of drug-likeness (QED) is 0.789. The van der Waals surface area contributed by atoms with Gasteiger partial charge in [-0.3, -0.25) is 4.79 Å². The van der Waals surface area contributed by atoms with Crippen molar-refractivity contribution in [3.05, 3.63) is 34.7 Å². The zero-order valence-corrected chi connectivity index (χ0v) is 10.6. The lowest BCUT2D eigenvalue weighted by Crippen LogP contribution is -2.40. The first-order chi connectivity index (χ1) is 8.75. The first-order valence-corrected chi connectivity index (χ1v) is 7.05. The van der Waals surface area contributed by atoms with Crippen molar-refractivity contribution in [1.82, 2.24) is 4.90 Å². The van der Waals surface area contributed by atoms with Gasteiger partial charge in [-0.05, 0) is 17.9 Å². The molecule has 2 atom stereocenters. The SMILES string of the molecule is O=C1CC[C@H]2[C@@H](O)c3c(sc4ccccc34)CN12. The molecule has 1 amide bonds. The summed E-state index contributed by atoms with van der Waals surface area (Å²) >= 11 is 1.70. The number of amides is 1. The van der Waals surface area contributed by atoms with Gasteiger partial charge in [0.2, 0.25) is 5.91 Å². The molecule has 0 spiro atoms. The third kappa shape index (κ3) is 1.25. The second-order valence-electron chi connectivity index (χ2n) is 5.01. The van der Waals surface area contributed by atoms with E-state index in [0.29, 0.717) is 13.0 Å². The van der Waals surface area contributed by atoms with Gasteiger partial charge in [-0.2, -0.15) is 0 Å². The van der Waals surface area contributed by atoms with Gasteiger partial charge in [-0.1, -0.05) is 18.2 Å². The van der Waals surface area contributed by atoms with E-state index in [-0.39, 0.29) is 11.9 Å². The molecule has 3 heterocycles. The Morgan fingerprint density at radius 2 is 2.17 bits per heavy atom. The third-order valence-electron chi connectivity index (χ3n) is 4.06. The van der Waals surface area contributed by atoms with E-state index in [0.717, 1.165) is 22.2 Å². The molecule has 2 aliphatic rings. The second kappa shape index (κ2) is 3.56.